The number of amides is 1. The number of benzene rings is 2. The first-order chi connectivity index (χ1) is 14.6. The number of nitrogens with one attached hydrogen (secondary N) is 2. The van der Waals surface area contributed by atoms with Crippen molar-refractivity contribution in [1.82, 2.24) is 4.57 Å². The van der Waals surface area contributed by atoms with Gasteiger partial charge >= 0.3 is 0 Å². The number of halogens is 2. The monoisotopic (exact) mass is 479 g/mol. The van der Waals surface area contributed by atoms with E-state index in [1.807, 2.05) is 0 Å². The van der Waals surface area contributed by atoms with Gasteiger partial charge in [0.2, 0.25) is 0 Å². The zero-order chi connectivity index (χ0) is 22.8. The maximum atomic E-state index is 12.8. The van der Waals surface area contributed by atoms with Crippen LogP contribution in [0.5, 0.6) is 0 Å². The quantitative estimate of drug-likeness (QED) is 0.542. The van der Waals surface area contributed by atoms with Crippen molar-refractivity contribution in [3.8, 4) is 0 Å². The smallest absolute Gasteiger partial charge is 0.261 e. The van der Waals surface area contributed by atoms with Crippen molar-refractivity contribution in [3.63, 3.8) is 0 Å². The van der Waals surface area contributed by atoms with Gasteiger partial charge < -0.3 is 9.88 Å². The van der Waals surface area contributed by atoms with Crippen molar-refractivity contribution in [2.45, 2.75) is 25.3 Å². The van der Waals surface area contributed by atoms with Gasteiger partial charge in [-0.15, -0.1) is 0 Å². The molecule has 2 N–H and O–H groups in total. The summed E-state index contributed by atoms with van der Waals surface area (Å²) in [5.74, 6) is -0.610. The average molecular weight is 480 g/mol. The lowest BCUT2D eigenvalue weighted by Gasteiger charge is -2.12. The van der Waals surface area contributed by atoms with Gasteiger partial charge in [-0.05, 0) is 55.8 Å². The fraction of sp³-hybridized carbons (Fsp3) is 0.143. The standard InChI is InChI=1S/C21H19Cl2N3O4S/c1-3-26-12-15(6-9-20(26)27)24-21(28)17-11-16(7-8-18(17)22)31(29,30)25-14-5-4-13(2)19(23)10-14/h4-12,25H,3H2,1-2H3,(H,24,28). The van der Waals surface area contributed by atoms with Gasteiger partial charge in [0, 0.05) is 23.8 Å². The van der Waals surface area contributed by atoms with Crippen molar-refractivity contribution < 1.29 is 13.2 Å². The van der Waals surface area contributed by atoms with Crippen LogP contribution in [0.25, 0.3) is 0 Å². The minimum absolute atomic E-state index is 0.0271. The van der Waals surface area contributed by atoms with Crippen LogP contribution in [0.2, 0.25) is 10.0 Å². The minimum Gasteiger partial charge on any atom is -0.321 e. The SMILES string of the molecule is CCn1cc(NC(=O)c2cc(S(=O)(=O)Nc3ccc(C)c(Cl)c3)ccc2Cl)ccc1=O. The molecule has 10 heteroatoms. The highest BCUT2D eigenvalue weighted by Gasteiger charge is 2.19. The van der Waals surface area contributed by atoms with Gasteiger partial charge in [-0.1, -0.05) is 29.3 Å². The van der Waals surface area contributed by atoms with Gasteiger partial charge in [0.05, 0.1) is 26.9 Å². The Morgan fingerprint density at radius 3 is 2.39 bits per heavy atom. The zero-order valence-electron chi connectivity index (χ0n) is 16.6. The van der Waals surface area contributed by atoms with Crippen LogP contribution in [0.3, 0.4) is 0 Å². The number of sulfonamides is 1. The van der Waals surface area contributed by atoms with Crippen LogP contribution in [-0.4, -0.2) is 18.9 Å². The van der Waals surface area contributed by atoms with E-state index >= 15 is 0 Å². The van der Waals surface area contributed by atoms with Crippen LogP contribution >= 0.6 is 23.2 Å². The number of anilines is 2. The molecule has 0 radical (unpaired) electrons. The van der Waals surface area contributed by atoms with E-state index in [4.69, 9.17) is 23.2 Å². The first-order valence-corrected chi connectivity index (χ1v) is 11.4. The molecule has 1 aromatic heterocycles. The molecule has 0 saturated carbocycles. The number of carbonyl (C=O) groups excluding carboxylic acids is 1. The summed E-state index contributed by atoms with van der Waals surface area (Å²) in [5, 5.41) is 3.13. The third-order valence-electron chi connectivity index (χ3n) is 4.50. The lowest BCUT2D eigenvalue weighted by molar-refractivity contribution is 0.102. The Morgan fingerprint density at radius 2 is 1.71 bits per heavy atom. The van der Waals surface area contributed by atoms with E-state index in [2.05, 4.69) is 10.0 Å². The second kappa shape index (κ2) is 9.13. The summed E-state index contributed by atoms with van der Waals surface area (Å²) in [4.78, 5) is 24.3. The number of hydrogen-bond donors (Lipinski definition) is 2. The Morgan fingerprint density at radius 1 is 1.00 bits per heavy atom. The lowest BCUT2D eigenvalue weighted by Crippen LogP contribution is -2.20. The molecule has 3 aromatic rings. The second-order valence-electron chi connectivity index (χ2n) is 6.71. The molecule has 0 aliphatic heterocycles. The van der Waals surface area contributed by atoms with E-state index in [1.165, 1.54) is 47.2 Å². The van der Waals surface area contributed by atoms with E-state index in [0.717, 1.165) is 5.56 Å². The van der Waals surface area contributed by atoms with E-state index < -0.39 is 15.9 Å². The molecule has 0 aliphatic carbocycles. The maximum absolute atomic E-state index is 12.8. The van der Waals surface area contributed by atoms with Crippen LogP contribution in [0.4, 0.5) is 11.4 Å². The van der Waals surface area contributed by atoms with Crippen molar-refractivity contribution in [2.75, 3.05) is 10.0 Å². The summed E-state index contributed by atoms with van der Waals surface area (Å²) >= 11 is 12.2. The maximum Gasteiger partial charge on any atom is 0.261 e. The predicted molar refractivity (Wildman–Crippen MR) is 123 cm³/mol. The van der Waals surface area contributed by atoms with E-state index in [9.17, 15) is 18.0 Å². The number of aryl methyl sites for hydroxylation is 2. The third kappa shape index (κ3) is 5.28. The molecule has 0 bridgehead atoms. The number of aromatic nitrogens is 1. The zero-order valence-corrected chi connectivity index (χ0v) is 19.0. The second-order valence-corrected chi connectivity index (χ2v) is 9.20. The molecule has 0 aliphatic rings. The van der Waals surface area contributed by atoms with Crippen molar-refractivity contribution in [2.24, 2.45) is 0 Å². The van der Waals surface area contributed by atoms with Crippen LogP contribution in [0.15, 0.2) is 64.4 Å². The Labute approximate surface area is 189 Å². The topological polar surface area (TPSA) is 97.3 Å². The summed E-state index contributed by atoms with van der Waals surface area (Å²) in [6.07, 6.45) is 1.50. The fourth-order valence-corrected chi connectivity index (χ4v) is 4.23. The lowest BCUT2D eigenvalue weighted by atomic mass is 10.2. The summed E-state index contributed by atoms with van der Waals surface area (Å²) in [7, 11) is -4.00. The molecule has 0 saturated heterocycles. The van der Waals surface area contributed by atoms with Gasteiger partial charge in [0.1, 0.15) is 0 Å². The summed E-state index contributed by atoms with van der Waals surface area (Å²) in [6, 6.07) is 11.4. The molecule has 0 spiro atoms. The van der Waals surface area contributed by atoms with Gasteiger partial charge in [0.15, 0.2) is 0 Å². The largest absolute Gasteiger partial charge is 0.321 e. The average Bonchev–Trinajstić information content (AvgIpc) is 2.72. The number of rotatable bonds is 6. The Bertz CT molecular complexity index is 1320. The highest BCUT2D eigenvalue weighted by Crippen LogP contribution is 2.25. The van der Waals surface area contributed by atoms with E-state index in [0.29, 0.717) is 22.9 Å². The number of hydrogen-bond acceptors (Lipinski definition) is 4. The minimum atomic E-state index is -4.00. The Balaban J connectivity index is 1.89. The van der Waals surface area contributed by atoms with Crippen LogP contribution in [-0.2, 0) is 16.6 Å². The highest BCUT2D eigenvalue weighted by molar-refractivity contribution is 7.92. The fourth-order valence-electron chi connectivity index (χ4n) is 2.77. The summed E-state index contributed by atoms with van der Waals surface area (Å²) < 4.78 is 29.5. The van der Waals surface area contributed by atoms with Gasteiger partial charge in [-0.2, -0.15) is 0 Å². The first kappa shape index (κ1) is 22.9. The number of carbonyl (C=O) groups is 1. The molecule has 3 rings (SSSR count). The predicted octanol–water partition coefficient (Wildman–Crippen LogP) is 4.54. The Hall–Kier alpha value is -2.81. The van der Waals surface area contributed by atoms with Crippen LogP contribution < -0.4 is 15.6 Å². The molecular weight excluding hydrogens is 461 g/mol. The molecule has 0 unspecified atom stereocenters. The molecule has 162 valence electrons. The third-order valence-corrected chi connectivity index (χ3v) is 6.61. The molecule has 1 amide bonds. The molecule has 2 aromatic carbocycles. The summed E-state index contributed by atoms with van der Waals surface area (Å²) in [5.41, 5.74) is 1.25. The van der Waals surface area contributed by atoms with E-state index in [1.54, 1.807) is 26.0 Å². The van der Waals surface area contributed by atoms with Crippen LogP contribution in [0.1, 0.15) is 22.8 Å². The van der Waals surface area contributed by atoms with Crippen molar-refractivity contribution >= 4 is 50.5 Å². The Kier molecular flexibility index (Phi) is 6.74. The molecule has 1 heterocycles. The van der Waals surface area contributed by atoms with Gasteiger partial charge in [-0.25, -0.2) is 8.42 Å². The van der Waals surface area contributed by atoms with Crippen molar-refractivity contribution in [1.29, 1.82) is 0 Å². The summed E-state index contributed by atoms with van der Waals surface area (Å²) in [6.45, 7) is 4.04. The number of nitrogens with zero attached hydrogens (tertiary/aromatic N) is 1. The molecule has 7 nitrogen and oxygen atoms in total. The van der Waals surface area contributed by atoms with Crippen molar-refractivity contribution in [3.05, 3.63) is 86.3 Å². The first-order valence-electron chi connectivity index (χ1n) is 9.21. The normalized spacial score (nSPS) is 11.2. The molecule has 0 atom stereocenters. The number of pyridine rings is 1. The van der Waals surface area contributed by atoms with E-state index in [-0.39, 0.29) is 21.0 Å². The van der Waals surface area contributed by atoms with Gasteiger partial charge in [-0.3, -0.25) is 14.3 Å². The molecular formula is C21H19Cl2N3O4S. The highest BCUT2D eigenvalue weighted by atomic mass is 35.5. The van der Waals surface area contributed by atoms with Gasteiger partial charge in [0.25, 0.3) is 21.5 Å². The molecule has 0 fully saturated rings. The molecule has 31 heavy (non-hydrogen) atoms. The van der Waals surface area contributed by atoms with Crippen LogP contribution in [0, 0.1) is 6.92 Å².